The van der Waals surface area contributed by atoms with Crippen molar-refractivity contribution in [3.63, 3.8) is 0 Å². The van der Waals surface area contributed by atoms with Crippen LogP contribution in [0.3, 0.4) is 0 Å². The second-order valence-corrected chi connectivity index (χ2v) is 2.66. The Kier molecular flexibility index (Phi) is 3.11. The van der Waals surface area contributed by atoms with Crippen LogP contribution in [-0.4, -0.2) is 13.1 Å². The molecule has 12 heavy (non-hydrogen) atoms. The number of hydrogen-bond donors (Lipinski definition) is 0. The topological polar surface area (TPSA) is 26.3 Å². The molecule has 0 aromatic heterocycles. The molecule has 2 nitrogen and oxygen atoms in total. The van der Waals surface area contributed by atoms with E-state index in [2.05, 4.69) is 4.74 Å². The van der Waals surface area contributed by atoms with E-state index in [9.17, 15) is 4.79 Å². The lowest BCUT2D eigenvalue weighted by Gasteiger charge is -1.98. The number of methoxy groups -OCH3 is 1. The Hall–Kier alpha value is -1.02. The fraction of sp³-hybridized carbons (Fsp3) is 0.111. The van der Waals surface area contributed by atoms with E-state index in [1.54, 1.807) is 24.3 Å². The van der Waals surface area contributed by atoms with Crippen molar-refractivity contribution in [3.05, 3.63) is 41.3 Å². The van der Waals surface area contributed by atoms with Crippen molar-refractivity contribution in [2.24, 2.45) is 0 Å². The standard InChI is InChI=1S/C9H8ClO2/c1-12-9(11)6-7-2-4-8(10)5-3-7/h2-6H,1H3. The molecular weight excluding hydrogens is 176 g/mol. The average molecular weight is 184 g/mol. The zero-order valence-electron chi connectivity index (χ0n) is 6.58. The molecule has 1 radical (unpaired) electrons. The predicted octanol–water partition coefficient (Wildman–Crippen LogP) is 2.07. The highest BCUT2D eigenvalue weighted by Gasteiger charge is 2.02. The third kappa shape index (κ3) is 2.55. The van der Waals surface area contributed by atoms with Gasteiger partial charge in [-0.25, -0.2) is 0 Å². The van der Waals surface area contributed by atoms with E-state index in [1.165, 1.54) is 13.5 Å². The number of ether oxygens (including phenoxy) is 1. The molecule has 63 valence electrons. The third-order valence-electron chi connectivity index (χ3n) is 1.36. The second kappa shape index (κ2) is 4.12. The summed E-state index contributed by atoms with van der Waals surface area (Å²) in [6.45, 7) is 0. The van der Waals surface area contributed by atoms with E-state index >= 15 is 0 Å². The van der Waals surface area contributed by atoms with Gasteiger partial charge >= 0.3 is 5.97 Å². The number of halogens is 1. The fourth-order valence-corrected chi connectivity index (χ4v) is 0.880. The first-order chi connectivity index (χ1) is 5.72. The lowest BCUT2D eigenvalue weighted by molar-refractivity contribution is -0.136. The van der Waals surface area contributed by atoms with Gasteiger partial charge < -0.3 is 4.74 Å². The first kappa shape index (κ1) is 9.07. The van der Waals surface area contributed by atoms with Crippen LogP contribution in [0.1, 0.15) is 5.56 Å². The van der Waals surface area contributed by atoms with E-state index in [0.717, 1.165) is 5.56 Å². The molecule has 0 fully saturated rings. The molecule has 0 spiro atoms. The van der Waals surface area contributed by atoms with Gasteiger partial charge in [0.15, 0.2) is 0 Å². The molecule has 1 aromatic rings. The lowest BCUT2D eigenvalue weighted by Crippen LogP contribution is -2.01. The molecule has 0 saturated heterocycles. The summed E-state index contributed by atoms with van der Waals surface area (Å²) in [6.07, 6.45) is 1.40. The van der Waals surface area contributed by atoms with Crippen molar-refractivity contribution in [2.45, 2.75) is 0 Å². The molecule has 0 aliphatic carbocycles. The van der Waals surface area contributed by atoms with Crippen molar-refractivity contribution in [3.8, 4) is 0 Å². The van der Waals surface area contributed by atoms with Gasteiger partial charge in [-0.1, -0.05) is 23.7 Å². The maximum Gasteiger partial charge on any atom is 0.314 e. The summed E-state index contributed by atoms with van der Waals surface area (Å²) >= 11 is 5.65. The van der Waals surface area contributed by atoms with E-state index in [4.69, 9.17) is 11.6 Å². The Labute approximate surface area is 76.1 Å². The van der Waals surface area contributed by atoms with Crippen LogP contribution in [0.15, 0.2) is 24.3 Å². The zero-order valence-corrected chi connectivity index (χ0v) is 7.34. The number of carbonyl (C=O) groups is 1. The minimum Gasteiger partial charge on any atom is -0.469 e. The summed E-state index contributed by atoms with van der Waals surface area (Å²) in [5.41, 5.74) is 0.784. The van der Waals surface area contributed by atoms with Gasteiger partial charge in [-0.15, -0.1) is 0 Å². The highest BCUT2D eigenvalue weighted by Crippen LogP contribution is 2.10. The normalized spacial score (nSPS) is 9.50. The van der Waals surface area contributed by atoms with E-state index < -0.39 is 0 Å². The van der Waals surface area contributed by atoms with Crippen LogP contribution < -0.4 is 0 Å². The number of esters is 1. The molecule has 0 heterocycles. The van der Waals surface area contributed by atoms with Gasteiger partial charge in [0.1, 0.15) is 0 Å². The molecule has 1 rings (SSSR count). The molecule has 1 aromatic carbocycles. The average Bonchev–Trinajstić information content (AvgIpc) is 2.09. The highest BCUT2D eigenvalue weighted by molar-refractivity contribution is 6.30. The summed E-state index contributed by atoms with van der Waals surface area (Å²) < 4.78 is 4.46. The monoisotopic (exact) mass is 183 g/mol. The quantitative estimate of drug-likeness (QED) is 0.657. The summed E-state index contributed by atoms with van der Waals surface area (Å²) in [4.78, 5) is 10.8. The summed E-state index contributed by atoms with van der Waals surface area (Å²) in [7, 11) is 1.34. The van der Waals surface area contributed by atoms with Gasteiger partial charge in [0.05, 0.1) is 13.5 Å². The maximum absolute atomic E-state index is 10.8. The molecule has 0 N–H and O–H groups in total. The Morgan fingerprint density at radius 1 is 1.42 bits per heavy atom. The number of rotatable bonds is 2. The van der Waals surface area contributed by atoms with E-state index in [-0.39, 0.29) is 5.97 Å². The minimum absolute atomic E-state index is 0.364. The van der Waals surface area contributed by atoms with Crippen molar-refractivity contribution < 1.29 is 9.53 Å². The van der Waals surface area contributed by atoms with Gasteiger partial charge in [-0.05, 0) is 17.7 Å². The van der Waals surface area contributed by atoms with Crippen molar-refractivity contribution >= 4 is 17.6 Å². The van der Waals surface area contributed by atoms with Crippen LogP contribution in [0.4, 0.5) is 0 Å². The Bertz CT molecular complexity index is 266. The molecule has 0 bridgehead atoms. The van der Waals surface area contributed by atoms with Gasteiger partial charge in [0.25, 0.3) is 0 Å². The Balaban J connectivity index is 2.64. The highest BCUT2D eigenvalue weighted by atomic mass is 35.5. The molecule has 0 amide bonds. The largest absolute Gasteiger partial charge is 0.469 e. The molecule has 0 aliphatic heterocycles. The van der Waals surface area contributed by atoms with E-state index in [1.807, 2.05) is 0 Å². The van der Waals surface area contributed by atoms with Gasteiger partial charge in [-0.3, -0.25) is 4.79 Å². The maximum atomic E-state index is 10.8. The Morgan fingerprint density at radius 3 is 2.50 bits per heavy atom. The first-order valence-electron chi connectivity index (χ1n) is 3.40. The summed E-state index contributed by atoms with van der Waals surface area (Å²) in [6, 6.07) is 6.94. The van der Waals surface area contributed by atoms with Gasteiger partial charge in [0, 0.05) is 5.02 Å². The van der Waals surface area contributed by atoms with Crippen LogP contribution >= 0.6 is 11.6 Å². The van der Waals surface area contributed by atoms with Crippen LogP contribution in [0.2, 0.25) is 5.02 Å². The molecule has 0 aliphatic rings. The van der Waals surface area contributed by atoms with Crippen molar-refractivity contribution in [1.29, 1.82) is 0 Å². The molecule has 3 heteroatoms. The summed E-state index contributed by atoms with van der Waals surface area (Å²) in [5, 5.41) is 0.650. The van der Waals surface area contributed by atoms with Crippen molar-refractivity contribution in [1.82, 2.24) is 0 Å². The van der Waals surface area contributed by atoms with Crippen LogP contribution in [0.25, 0.3) is 0 Å². The minimum atomic E-state index is -0.364. The van der Waals surface area contributed by atoms with Crippen LogP contribution in [0.5, 0.6) is 0 Å². The predicted molar refractivity (Wildman–Crippen MR) is 46.9 cm³/mol. The molecule has 0 unspecified atom stereocenters. The van der Waals surface area contributed by atoms with Crippen molar-refractivity contribution in [2.75, 3.05) is 7.11 Å². The molecule has 0 saturated carbocycles. The Morgan fingerprint density at radius 2 is 2.00 bits per heavy atom. The SMILES string of the molecule is COC(=O)[CH]c1ccc(Cl)cc1. The third-order valence-corrected chi connectivity index (χ3v) is 1.61. The second-order valence-electron chi connectivity index (χ2n) is 2.22. The van der Waals surface area contributed by atoms with Crippen LogP contribution in [-0.2, 0) is 9.53 Å². The first-order valence-corrected chi connectivity index (χ1v) is 3.78. The molecule has 0 atom stereocenters. The molecular formula is C9H8ClO2. The fourth-order valence-electron chi connectivity index (χ4n) is 0.754. The number of hydrogen-bond acceptors (Lipinski definition) is 2. The van der Waals surface area contributed by atoms with E-state index in [0.29, 0.717) is 5.02 Å². The van der Waals surface area contributed by atoms with Gasteiger partial charge in [-0.2, -0.15) is 0 Å². The summed E-state index contributed by atoms with van der Waals surface area (Å²) in [5.74, 6) is -0.364. The van der Waals surface area contributed by atoms with Gasteiger partial charge in [0.2, 0.25) is 0 Å². The lowest BCUT2D eigenvalue weighted by atomic mass is 10.2. The number of carbonyl (C=O) groups excluding carboxylic acids is 1. The smallest absolute Gasteiger partial charge is 0.314 e. The van der Waals surface area contributed by atoms with Crippen LogP contribution in [0, 0.1) is 6.42 Å². The zero-order chi connectivity index (χ0) is 8.97. The number of benzene rings is 1.